The normalized spacial score (nSPS) is 18.7. The van der Waals surface area contributed by atoms with Gasteiger partial charge in [-0.1, -0.05) is 18.2 Å². The summed E-state index contributed by atoms with van der Waals surface area (Å²) in [5.74, 6) is 0.498. The number of aromatic nitrogens is 1. The number of hydrogen-bond donors (Lipinski definition) is 2. The Morgan fingerprint density at radius 2 is 1.88 bits per heavy atom. The fourth-order valence-corrected chi connectivity index (χ4v) is 4.59. The van der Waals surface area contributed by atoms with Crippen LogP contribution in [-0.2, 0) is 9.84 Å². The molecule has 3 rings (SSSR count). The molecule has 1 unspecified atom stereocenters. The number of aryl methyl sites for hydroxylation is 2. The summed E-state index contributed by atoms with van der Waals surface area (Å²) in [4.78, 5) is 16.5. The van der Waals surface area contributed by atoms with Gasteiger partial charge in [0.05, 0.1) is 17.1 Å². The number of para-hydroxylation sites is 1. The minimum absolute atomic E-state index is 0.0123. The van der Waals surface area contributed by atoms with Crippen LogP contribution in [0.2, 0.25) is 0 Å². The van der Waals surface area contributed by atoms with Crippen LogP contribution in [0.1, 0.15) is 27.9 Å². The molecule has 1 fully saturated rings. The number of amides is 1. The largest absolute Gasteiger partial charge is 0.348 e. The molecular weight excluding hydrogens is 338 g/mol. The molecule has 0 radical (unpaired) electrons. The summed E-state index contributed by atoms with van der Waals surface area (Å²) < 4.78 is 22.9. The lowest BCUT2D eigenvalue weighted by Gasteiger charge is -2.13. The van der Waals surface area contributed by atoms with Crippen molar-refractivity contribution in [2.45, 2.75) is 26.3 Å². The third kappa shape index (κ3) is 4.17. The number of nitrogens with zero attached hydrogens (tertiary/aromatic N) is 1. The molecular formula is C18H21N3O3S. The van der Waals surface area contributed by atoms with Crippen molar-refractivity contribution in [3.63, 3.8) is 0 Å². The van der Waals surface area contributed by atoms with Crippen molar-refractivity contribution in [1.82, 2.24) is 10.3 Å². The Kier molecular flexibility index (Phi) is 4.76. The number of hydrogen-bond acceptors (Lipinski definition) is 5. The van der Waals surface area contributed by atoms with Crippen molar-refractivity contribution in [2.24, 2.45) is 0 Å². The van der Waals surface area contributed by atoms with E-state index < -0.39 is 9.84 Å². The van der Waals surface area contributed by atoms with E-state index in [1.165, 1.54) is 6.20 Å². The van der Waals surface area contributed by atoms with Crippen molar-refractivity contribution in [2.75, 3.05) is 16.8 Å². The minimum Gasteiger partial charge on any atom is -0.348 e. The summed E-state index contributed by atoms with van der Waals surface area (Å²) in [6, 6.07) is 9.15. The topological polar surface area (TPSA) is 88.2 Å². The zero-order chi connectivity index (χ0) is 18.0. The molecule has 6 nitrogen and oxygen atoms in total. The lowest BCUT2D eigenvalue weighted by Crippen LogP contribution is -2.35. The quantitative estimate of drug-likeness (QED) is 0.875. The van der Waals surface area contributed by atoms with E-state index in [2.05, 4.69) is 15.6 Å². The van der Waals surface area contributed by atoms with E-state index in [4.69, 9.17) is 0 Å². The van der Waals surface area contributed by atoms with Crippen LogP contribution in [-0.4, -0.2) is 36.9 Å². The van der Waals surface area contributed by atoms with E-state index in [1.807, 2.05) is 32.0 Å². The molecule has 2 N–H and O–H groups in total. The molecule has 0 bridgehead atoms. The second-order valence-corrected chi connectivity index (χ2v) is 8.63. The maximum atomic E-state index is 12.2. The number of rotatable bonds is 4. The Labute approximate surface area is 147 Å². The van der Waals surface area contributed by atoms with Gasteiger partial charge in [0, 0.05) is 17.9 Å². The lowest BCUT2D eigenvalue weighted by atomic mass is 10.1. The van der Waals surface area contributed by atoms with Gasteiger partial charge < -0.3 is 10.6 Å². The number of pyridine rings is 1. The van der Waals surface area contributed by atoms with E-state index in [9.17, 15) is 13.2 Å². The first kappa shape index (κ1) is 17.4. The number of anilines is 2. The average molecular weight is 359 g/mol. The van der Waals surface area contributed by atoms with Crippen molar-refractivity contribution < 1.29 is 13.2 Å². The van der Waals surface area contributed by atoms with Gasteiger partial charge in [0.2, 0.25) is 0 Å². The van der Waals surface area contributed by atoms with Crippen molar-refractivity contribution >= 4 is 27.2 Å². The molecule has 1 aromatic carbocycles. The second-order valence-electron chi connectivity index (χ2n) is 6.40. The van der Waals surface area contributed by atoms with Crippen LogP contribution in [0, 0.1) is 13.8 Å². The Morgan fingerprint density at radius 3 is 2.44 bits per heavy atom. The summed E-state index contributed by atoms with van der Waals surface area (Å²) in [6.45, 7) is 4.04. The molecule has 2 heterocycles. The molecule has 1 aliphatic heterocycles. The molecule has 1 saturated heterocycles. The average Bonchev–Trinajstić information content (AvgIpc) is 2.90. The minimum atomic E-state index is -3.01. The van der Waals surface area contributed by atoms with Crippen LogP contribution in [0.5, 0.6) is 0 Å². The van der Waals surface area contributed by atoms with Crippen LogP contribution < -0.4 is 10.6 Å². The second kappa shape index (κ2) is 6.84. The maximum absolute atomic E-state index is 12.2. The highest BCUT2D eigenvalue weighted by molar-refractivity contribution is 7.91. The van der Waals surface area contributed by atoms with Crippen LogP contribution in [0.15, 0.2) is 36.5 Å². The van der Waals surface area contributed by atoms with Gasteiger partial charge in [-0.2, -0.15) is 0 Å². The first-order valence-electron chi connectivity index (χ1n) is 8.15. The third-order valence-electron chi connectivity index (χ3n) is 4.33. The van der Waals surface area contributed by atoms with Crippen LogP contribution in [0.25, 0.3) is 0 Å². The van der Waals surface area contributed by atoms with Crippen LogP contribution in [0.4, 0.5) is 11.5 Å². The Morgan fingerprint density at radius 1 is 1.16 bits per heavy atom. The summed E-state index contributed by atoms with van der Waals surface area (Å²) in [5.41, 5.74) is 3.65. The van der Waals surface area contributed by atoms with Gasteiger partial charge in [0.1, 0.15) is 5.82 Å². The standard InChI is InChI=1S/C18H21N3O3S/c1-12-4-3-5-13(2)17(12)21-16-7-6-14(10-19-16)18(22)20-15-8-9-25(23,24)11-15/h3-7,10,15H,8-9,11H2,1-2H3,(H,19,21)(H,20,22). The molecule has 1 atom stereocenters. The number of nitrogens with one attached hydrogen (secondary N) is 2. The highest BCUT2D eigenvalue weighted by atomic mass is 32.2. The molecule has 0 aliphatic carbocycles. The Hall–Kier alpha value is -2.41. The molecule has 1 amide bonds. The van der Waals surface area contributed by atoms with Gasteiger partial charge >= 0.3 is 0 Å². The molecule has 1 aliphatic rings. The molecule has 25 heavy (non-hydrogen) atoms. The maximum Gasteiger partial charge on any atom is 0.253 e. The Balaban J connectivity index is 1.67. The highest BCUT2D eigenvalue weighted by Crippen LogP contribution is 2.23. The van der Waals surface area contributed by atoms with Crippen LogP contribution >= 0.6 is 0 Å². The van der Waals surface area contributed by atoms with E-state index >= 15 is 0 Å². The number of carbonyl (C=O) groups is 1. The summed E-state index contributed by atoms with van der Waals surface area (Å²) in [6.07, 6.45) is 1.96. The predicted octanol–water partition coefficient (Wildman–Crippen LogP) is 2.36. The smallest absolute Gasteiger partial charge is 0.253 e. The van der Waals surface area contributed by atoms with Gasteiger partial charge in [0.25, 0.3) is 5.91 Å². The van der Waals surface area contributed by atoms with Crippen LogP contribution in [0.3, 0.4) is 0 Å². The van der Waals surface area contributed by atoms with E-state index in [1.54, 1.807) is 12.1 Å². The SMILES string of the molecule is Cc1cccc(C)c1Nc1ccc(C(=O)NC2CCS(=O)(=O)C2)cn1. The van der Waals surface area contributed by atoms with Crippen molar-refractivity contribution in [3.05, 3.63) is 53.2 Å². The highest BCUT2D eigenvalue weighted by Gasteiger charge is 2.29. The zero-order valence-corrected chi connectivity index (χ0v) is 15.1. The summed E-state index contributed by atoms with van der Waals surface area (Å²) in [7, 11) is -3.01. The molecule has 0 spiro atoms. The molecule has 1 aromatic heterocycles. The molecule has 2 aromatic rings. The predicted molar refractivity (Wildman–Crippen MR) is 98.0 cm³/mol. The third-order valence-corrected chi connectivity index (χ3v) is 6.10. The fourth-order valence-electron chi connectivity index (χ4n) is 2.92. The molecule has 7 heteroatoms. The summed E-state index contributed by atoms with van der Waals surface area (Å²) in [5, 5.41) is 6.03. The summed E-state index contributed by atoms with van der Waals surface area (Å²) >= 11 is 0. The van der Waals surface area contributed by atoms with Gasteiger partial charge in [-0.3, -0.25) is 4.79 Å². The monoisotopic (exact) mass is 359 g/mol. The van der Waals surface area contributed by atoms with Crippen molar-refractivity contribution in [1.29, 1.82) is 0 Å². The lowest BCUT2D eigenvalue weighted by molar-refractivity contribution is 0.0941. The number of benzene rings is 1. The van der Waals surface area contributed by atoms with E-state index in [0.717, 1.165) is 16.8 Å². The van der Waals surface area contributed by atoms with Gasteiger partial charge in [0.15, 0.2) is 9.84 Å². The zero-order valence-electron chi connectivity index (χ0n) is 14.2. The van der Waals surface area contributed by atoms with E-state index in [0.29, 0.717) is 17.8 Å². The number of carbonyl (C=O) groups excluding carboxylic acids is 1. The number of sulfone groups is 1. The van der Waals surface area contributed by atoms with Gasteiger partial charge in [-0.15, -0.1) is 0 Å². The van der Waals surface area contributed by atoms with E-state index in [-0.39, 0.29) is 23.5 Å². The Bertz CT molecular complexity index is 872. The van der Waals surface area contributed by atoms with Crippen molar-refractivity contribution in [3.8, 4) is 0 Å². The van der Waals surface area contributed by atoms with Gasteiger partial charge in [-0.25, -0.2) is 13.4 Å². The first-order chi connectivity index (χ1) is 11.8. The van der Waals surface area contributed by atoms with Gasteiger partial charge in [-0.05, 0) is 43.5 Å². The molecule has 132 valence electrons. The fraction of sp³-hybridized carbons (Fsp3) is 0.333. The first-order valence-corrected chi connectivity index (χ1v) is 9.97. The molecule has 0 saturated carbocycles.